The lowest BCUT2D eigenvalue weighted by molar-refractivity contribution is -0.137. The van der Waals surface area contributed by atoms with Gasteiger partial charge in [0.25, 0.3) is 0 Å². The zero-order chi connectivity index (χ0) is 28.1. The van der Waals surface area contributed by atoms with Crippen molar-refractivity contribution in [2.24, 2.45) is 0 Å². The van der Waals surface area contributed by atoms with Crippen molar-refractivity contribution >= 4 is 33.4 Å². The fourth-order valence-corrected chi connectivity index (χ4v) is 6.04. The van der Waals surface area contributed by atoms with Gasteiger partial charge in [0.05, 0.1) is 9.92 Å². The first-order valence-corrected chi connectivity index (χ1v) is 15.4. The molecule has 8 heteroatoms. The number of halogens is 1. The summed E-state index contributed by atoms with van der Waals surface area (Å²) in [5.74, 6) is -0.921. The molecule has 3 rings (SSSR count). The van der Waals surface area contributed by atoms with Crippen LogP contribution in [0.15, 0.2) is 77.7 Å². The Morgan fingerprint density at radius 3 is 1.97 bits per heavy atom. The van der Waals surface area contributed by atoms with Gasteiger partial charge in [-0.25, -0.2) is 13.1 Å². The molecule has 2 N–H and O–H groups in total. The number of rotatable bonds is 17. The fraction of sp³-hybridized carbons (Fsp3) is 0.355. The van der Waals surface area contributed by atoms with Crippen molar-refractivity contribution in [1.82, 2.24) is 4.72 Å². The molecule has 0 bridgehead atoms. The predicted octanol–water partition coefficient (Wildman–Crippen LogP) is 7.50. The Morgan fingerprint density at radius 1 is 0.744 bits per heavy atom. The van der Waals surface area contributed by atoms with Crippen LogP contribution in [0, 0.1) is 0 Å². The number of unbranched alkanes of at least 4 members (excludes halogenated alkanes) is 8. The van der Waals surface area contributed by atoms with Crippen LogP contribution in [0.5, 0.6) is 0 Å². The second-order valence-electron chi connectivity index (χ2n) is 9.61. The zero-order valence-electron chi connectivity index (χ0n) is 22.1. The minimum Gasteiger partial charge on any atom is -0.481 e. The van der Waals surface area contributed by atoms with Gasteiger partial charge in [-0.05, 0) is 36.6 Å². The van der Waals surface area contributed by atoms with Crippen molar-refractivity contribution in [2.45, 2.75) is 69.1 Å². The van der Waals surface area contributed by atoms with Crippen molar-refractivity contribution in [3.05, 3.63) is 88.9 Å². The van der Waals surface area contributed by atoms with E-state index in [1.165, 1.54) is 0 Å². The summed E-state index contributed by atoms with van der Waals surface area (Å²) >= 11 is 6.48. The van der Waals surface area contributed by atoms with Gasteiger partial charge in [-0.3, -0.25) is 9.59 Å². The summed E-state index contributed by atoms with van der Waals surface area (Å²) in [7, 11) is -3.74. The number of ketones is 1. The molecule has 0 spiro atoms. The first-order chi connectivity index (χ1) is 18.8. The number of sulfonamides is 1. The van der Waals surface area contributed by atoms with E-state index in [1.807, 2.05) is 6.07 Å². The maximum atomic E-state index is 13.1. The maximum Gasteiger partial charge on any atom is 0.303 e. The Morgan fingerprint density at radius 2 is 1.33 bits per heavy atom. The van der Waals surface area contributed by atoms with E-state index >= 15 is 0 Å². The minimum absolute atomic E-state index is 0.172. The monoisotopic (exact) mass is 569 g/mol. The first-order valence-electron chi connectivity index (χ1n) is 13.5. The Labute approximate surface area is 236 Å². The molecular formula is C31H36ClNO5S. The highest BCUT2D eigenvalue weighted by Gasteiger charge is 2.20. The van der Waals surface area contributed by atoms with E-state index in [0.717, 1.165) is 57.8 Å². The van der Waals surface area contributed by atoms with Gasteiger partial charge < -0.3 is 5.11 Å². The number of nitrogens with one attached hydrogen (secondary N) is 1. The van der Waals surface area contributed by atoms with E-state index < -0.39 is 16.0 Å². The average Bonchev–Trinajstić information content (AvgIpc) is 2.93. The topological polar surface area (TPSA) is 101 Å². The van der Waals surface area contributed by atoms with Crippen LogP contribution in [0.4, 0.5) is 0 Å². The molecule has 0 aliphatic carbocycles. The molecule has 0 radical (unpaired) electrons. The molecule has 3 aromatic rings. The number of aliphatic carboxylic acids is 1. The van der Waals surface area contributed by atoms with Crippen molar-refractivity contribution in [2.75, 3.05) is 6.54 Å². The molecule has 6 nitrogen and oxygen atoms in total. The zero-order valence-corrected chi connectivity index (χ0v) is 23.6. The SMILES string of the molecule is O=C(O)CCCCCCCCCCCNS(=O)(=O)c1ccccc1-c1ccc(C(=O)c2ccccc2)c(Cl)c1. The summed E-state index contributed by atoms with van der Waals surface area (Å²) in [6.45, 7) is 0.358. The average molecular weight is 570 g/mol. The molecule has 0 amide bonds. The maximum absolute atomic E-state index is 13.1. The van der Waals surface area contributed by atoms with Gasteiger partial charge in [-0.2, -0.15) is 0 Å². The largest absolute Gasteiger partial charge is 0.481 e. The standard InChI is InChI=1S/C31H36ClNO5S/c32-28-23-25(20-21-27(28)31(36)24-15-9-8-10-16-24)26-17-12-13-18-29(26)39(37,38)33-22-14-7-5-3-1-2-4-6-11-19-30(34)35/h8-10,12-13,15-18,20-21,23,33H,1-7,11,14,19,22H2,(H,34,35). The Balaban J connectivity index is 1.51. The van der Waals surface area contributed by atoms with Crippen LogP contribution in [0.25, 0.3) is 11.1 Å². The van der Waals surface area contributed by atoms with Crippen LogP contribution in [0.1, 0.15) is 80.1 Å². The molecule has 0 saturated carbocycles. The van der Waals surface area contributed by atoms with E-state index in [-0.39, 0.29) is 22.1 Å². The summed E-state index contributed by atoms with van der Waals surface area (Å²) in [4.78, 5) is 23.5. The van der Waals surface area contributed by atoms with E-state index in [9.17, 15) is 18.0 Å². The molecule has 0 saturated heterocycles. The molecule has 0 aliphatic heterocycles. The third kappa shape index (κ3) is 9.60. The molecule has 0 aromatic heterocycles. The van der Waals surface area contributed by atoms with Gasteiger partial charge in [0.1, 0.15) is 0 Å². The van der Waals surface area contributed by atoms with E-state index in [4.69, 9.17) is 16.7 Å². The second kappa shape index (κ2) is 15.6. The number of hydrogen-bond acceptors (Lipinski definition) is 4. The van der Waals surface area contributed by atoms with Crippen molar-refractivity contribution in [3.63, 3.8) is 0 Å². The van der Waals surface area contributed by atoms with Crippen LogP contribution in [0.2, 0.25) is 5.02 Å². The lowest BCUT2D eigenvalue weighted by Crippen LogP contribution is -2.25. The summed E-state index contributed by atoms with van der Waals surface area (Å²) in [5, 5.41) is 8.91. The number of carbonyl (C=O) groups is 2. The van der Waals surface area contributed by atoms with Crippen LogP contribution in [-0.2, 0) is 14.8 Å². The van der Waals surface area contributed by atoms with Gasteiger partial charge in [0.15, 0.2) is 5.78 Å². The Hall–Kier alpha value is -3.00. The highest BCUT2D eigenvalue weighted by molar-refractivity contribution is 7.89. The van der Waals surface area contributed by atoms with E-state index in [1.54, 1.807) is 66.7 Å². The predicted molar refractivity (Wildman–Crippen MR) is 156 cm³/mol. The van der Waals surface area contributed by atoms with Crippen LogP contribution >= 0.6 is 11.6 Å². The summed E-state index contributed by atoms with van der Waals surface area (Å²) in [6.07, 6.45) is 9.05. The van der Waals surface area contributed by atoms with Crippen LogP contribution in [0.3, 0.4) is 0 Å². The molecular weight excluding hydrogens is 534 g/mol. The second-order valence-corrected chi connectivity index (χ2v) is 11.8. The lowest BCUT2D eigenvalue weighted by Gasteiger charge is -2.13. The molecule has 39 heavy (non-hydrogen) atoms. The Kier molecular flexibility index (Phi) is 12.2. The summed E-state index contributed by atoms with van der Waals surface area (Å²) in [6, 6.07) is 20.7. The third-order valence-electron chi connectivity index (χ3n) is 6.60. The number of carbonyl (C=O) groups excluding carboxylic acids is 1. The first kappa shape index (κ1) is 30.5. The normalized spacial score (nSPS) is 11.4. The smallest absolute Gasteiger partial charge is 0.303 e. The van der Waals surface area contributed by atoms with E-state index in [2.05, 4.69) is 4.72 Å². The number of benzene rings is 3. The van der Waals surface area contributed by atoms with Gasteiger partial charge in [0.2, 0.25) is 10.0 Å². The minimum atomic E-state index is -3.74. The molecule has 0 aliphatic rings. The molecule has 208 valence electrons. The lowest BCUT2D eigenvalue weighted by atomic mass is 9.99. The van der Waals surface area contributed by atoms with E-state index in [0.29, 0.717) is 28.8 Å². The quantitative estimate of drug-likeness (QED) is 0.129. The van der Waals surface area contributed by atoms with Crippen LogP contribution < -0.4 is 4.72 Å². The van der Waals surface area contributed by atoms with Gasteiger partial charge in [-0.1, -0.05) is 111 Å². The highest BCUT2D eigenvalue weighted by atomic mass is 35.5. The van der Waals surface area contributed by atoms with Gasteiger partial charge >= 0.3 is 5.97 Å². The highest BCUT2D eigenvalue weighted by Crippen LogP contribution is 2.31. The Bertz CT molecular complexity index is 1340. The van der Waals surface area contributed by atoms with Crippen molar-refractivity contribution < 1.29 is 23.1 Å². The third-order valence-corrected chi connectivity index (χ3v) is 8.43. The van der Waals surface area contributed by atoms with Crippen LogP contribution in [-0.4, -0.2) is 31.8 Å². The van der Waals surface area contributed by atoms with Gasteiger partial charge in [-0.15, -0.1) is 0 Å². The van der Waals surface area contributed by atoms with Crippen molar-refractivity contribution in [1.29, 1.82) is 0 Å². The van der Waals surface area contributed by atoms with Gasteiger partial charge in [0, 0.05) is 29.7 Å². The summed E-state index contributed by atoms with van der Waals surface area (Å²) < 4.78 is 29.0. The fourth-order valence-electron chi connectivity index (χ4n) is 4.47. The molecule has 0 unspecified atom stereocenters. The number of carboxylic acids is 1. The molecule has 0 fully saturated rings. The number of carboxylic acid groups (broad SMARTS) is 1. The number of hydrogen-bond donors (Lipinski definition) is 2. The molecule has 0 atom stereocenters. The summed E-state index contributed by atoms with van der Waals surface area (Å²) in [5.41, 5.74) is 2.04. The van der Waals surface area contributed by atoms with Crippen molar-refractivity contribution in [3.8, 4) is 11.1 Å². The molecule has 3 aromatic carbocycles. The molecule has 0 heterocycles.